The fourth-order valence-electron chi connectivity index (χ4n) is 1.35. The van der Waals surface area contributed by atoms with Gasteiger partial charge >= 0.3 is 0 Å². The van der Waals surface area contributed by atoms with Gasteiger partial charge in [-0.1, -0.05) is 0 Å². The minimum Gasteiger partial charge on any atom is -0.340 e. The third kappa shape index (κ3) is 4.79. The van der Waals surface area contributed by atoms with Crippen LogP contribution in [0.3, 0.4) is 0 Å². The van der Waals surface area contributed by atoms with Gasteiger partial charge in [-0.25, -0.2) is 13.4 Å². The van der Waals surface area contributed by atoms with E-state index in [1.54, 1.807) is 7.05 Å². The van der Waals surface area contributed by atoms with Crippen molar-refractivity contribution in [2.75, 3.05) is 25.6 Å². The van der Waals surface area contributed by atoms with Crippen LogP contribution in [0.5, 0.6) is 0 Å². The predicted molar refractivity (Wildman–Crippen MR) is 66.7 cm³/mol. The Bertz CT molecular complexity index is 528. The number of hydrogen-bond donors (Lipinski definition) is 0. The van der Waals surface area contributed by atoms with Crippen LogP contribution < -0.4 is 0 Å². The van der Waals surface area contributed by atoms with Crippen molar-refractivity contribution >= 4 is 15.7 Å². The Morgan fingerprint density at radius 3 is 2.67 bits per heavy atom. The Labute approximate surface area is 107 Å². The zero-order valence-electron chi connectivity index (χ0n) is 10.3. The molecule has 2 radical (unpaired) electrons. The van der Waals surface area contributed by atoms with Gasteiger partial charge < -0.3 is 4.90 Å². The van der Waals surface area contributed by atoms with Crippen molar-refractivity contribution in [3.63, 3.8) is 0 Å². The maximum absolute atomic E-state index is 11.9. The second kappa shape index (κ2) is 5.90. The van der Waals surface area contributed by atoms with Crippen LogP contribution in [0.15, 0.2) is 12.4 Å². The van der Waals surface area contributed by atoms with Gasteiger partial charge in [-0.2, -0.15) is 0 Å². The lowest BCUT2D eigenvalue weighted by Crippen LogP contribution is -2.29. The minimum absolute atomic E-state index is 0.0488. The van der Waals surface area contributed by atoms with Gasteiger partial charge in [0.05, 0.1) is 17.6 Å². The number of amides is 1. The van der Waals surface area contributed by atoms with Gasteiger partial charge in [0.1, 0.15) is 15.5 Å². The van der Waals surface area contributed by atoms with Crippen LogP contribution in [0.25, 0.3) is 0 Å². The van der Waals surface area contributed by atoms with Crippen molar-refractivity contribution in [2.24, 2.45) is 0 Å². The molecule has 1 aromatic heterocycles. The average molecular weight is 269 g/mol. The first kappa shape index (κ1) is 14.6. The predicted octanol–water partition coefficient (Wildman–Crippen LogP) is 0.0425. The van der Waals surface area contributed by atoms with Crippen LogP contribution in [0.2, 0.25) is 0 Å². The molecule has 1 amide bonds. The molecule has 0 aromatic carbocycles. The molecule has 0 atom stereocenters. The van der Waals surface area contributed by atoms with Crippen LogP contribution in [-0.4, -0.2) is 54.8 Å². The molecule has 0 aliphatic carbocycles. The van der Waals surface area contributed by atoms with Crippen LogP contribution in [0, 0.1) is 6.92 Å². The van der Waals surface area contributed by atoms with Gasteiger partial charge in [0.2, 0.25) is 0 Å². The molecular weight excluding hydrogens is 254 g/mol. The number of hydrogen-bond acceptors (Lipinski definition) is 5. The van der Waals surface area contributed by atoms with Gasteiger partial charge in [0.15, 0.2) is 0 Å². The van der Waals surface area contributed by atoms with Crippen molar-refractivity contribution < 1.29 is 13.2 Å². The van der Waals surface area contributed by atoms with Crippen LogP contribution >= 0.6 is 0 Å². The maximum Gasteiger partial charge on any atom is 0.273 e. The third-order valence-electron chi connectivity index (χ3n) is 2.23. The van der Waals surface area contributed by atoms with Crippen molar-refractivity contribution in [1.29, 1.82) is 0 Å². The van der Waals surface area contributed by atoms with Crippen molar-refractivity contribution in [3.05, 3.63) is 30.7 Å². The summed E-state index contributed by atoms with van der Waals surface area (Å²) in [5.74, 6) is -0.281. The summed E-state index contributed by atoms with van der Waals surface area (Å²) in [5, 5.41) is 0. The molecular formula is C11H15N3O3S. The van der Waals surface area contributed by atoms with E-state index >= 15 is 0 Å². The summed E-state index contributed by atoms with van der Waals surface area (Å²) < 4.78 is 21.9. The lowest BCUT2D eigenvalue weighted by Gasteiger charge is -2.16. The van der Waals surface area contributed by atoms with Crippen LogP contribution in [0.1, 0.15) is 22.6 Å². The van der Waals surface area contributed by atoms with Crippen molar-refractivity contribution in [2.45, 2.75) is 6.42 Å². The number of rotatable bonds is 5. The Kier molecular flexibility index (Phi) is 4.77. The molecule has 6 nitrogen and oxygen atoms in total. The van der Waals surface area contributed by atoms with Gasteiger partial charge in [0.25, 0.3) is 5.91 Å². The number of sulfone groups is 1. The maximum atomic E-state index is 11.9. The average Bonchev–Trinajstić information content (AvgIpc) is 2.26. The first-order valence-electron chi connectivity index (χ1n) is 5.30. The standard InChI is InChI=1S/C11H15N3O3S/c1-9-7-12-8-10(13-9)11(15)14(2)5-4-6-18(3,16)17/h1,7-8H,4-6H2,2-3H3. The molecule has 0 spiro atoms. The Morgan fingerprint density at radius 1 is 1.44 bits per heavy atom. The second-order valence-corrected chi connectivity index (χ2v) is 6.30. The lowest BCUT2D eigenvalue weighted by atomic mass is 10.3. The van der Waals surface area contributed by atoms with E-state index in [0.717, 1.165) is 6.26 Å². The molecule has 0 saturated carbocycles. The molecule has 1 aromatic rings. The zero-order chi connectivity index (χ0) is 13.8. The van der Waals surface area contributed by atoms with E-state index in [1.165, 1.54) is 17.3 Å². The molecule has 0 bridgehead atoms. The van der Waals surface area contributed by atoms with Crippen LogP contribution in [0.4, 0.5) is 0 Å². The number of nitrogens with zero attached hydrogens (tertiary/aromatic N) is 3. The van der Waals surface area contributed by atoms with E-state index in [9.17, 15) is 13.2 Å². The van der Waals surface area contributed by atoms with Gasteiger partial charge in [-0.05, 0) is 6.42 Å². The molecule has 0 unspecified atom stereocenters. The fraction of sp³-hybridized carbons (Fsp3) is 0.455. The summed E-state index contributed by atoms with van der Waals surface area (Å²) in [6.07, 6.45) is 4.22. The van der Waals surface area contributed by atoms with Gasteiger partial charge in [-0.15, -0.1) is 0 Å². The van der Waals surface area contributed by atoms with E-state index < -0.39 is 9.84 Å². The SMILES string of the molecule is [CH]c1cncc(C(=O)N(C)CCCS(C)(=O)=O)n1. The molecule has 0 fully saturated rings. The first-order chi connectivity index (χ1) is 8.29. The molecule has 1 heterocycles. The normalized spacial score (nSPS) is 11.3. The quantitative estimate of drug-likeness (QED) is 0.754. The van der Waals surface area contributed by atoms with Crippen molar-refractivity contribution in [1.82, 2.24) is 14.9 Å². The molecule has 0 saturated heterocycles. The topological polar surface area (TPSA) is 80.2 Å². The Hall–Kier alpha value is -1.50. The smallest absolute Gasteiger partial charge is 0.273 e. The van der Waals surface area contributed by atoms with Crippen LogP contribution in [-0.2, 0) is 9.84 Å². The largest absolute Gasteiger partial charge is 0.340 e. The zero-order valence-corrected chi connectivity index (χ0v) is 11.1. The van der Waals surface area contributed by atoms with Crippen molar-refractivity contribution in [3.8, 4) is 0 Å². The minimum atomic E-state index is -3.00. The molecule has 0 aliphatic heterocycles. The molecule has 0 aliphatic rings. The fourth-order valence-corrected chi connectivity index (χ4v) is 2.00. The highest BCUT2D eigenvalue weighted by Crippen LogP contribution is 2.01. The van der Waals surface area contributed by atoms with Gasteiger partial charge in [-0.3, -0.25) is 9.78 Å². The monoisotopic (exact) mass is 269 g/mol. The Balaban J connectivity index is 2.57. The second-order valence-electron chi connectivity index (χ2n) is 4.04. The molecule has 1 rings (SSSR count). The highest BCUT2D eigenvalue weighted by atomic mass is 32.2. The summed E-state index contributed by atoms with van der Waals surface area (Å²) >= 11 is 0. The van der Waals surface area contributed by atoms with Gasteiger partial charge in [0, 0.05) is 33.0 Å². The summed E-state index contributed by atoms with van der Waals surface area (Å²) in [6, 6.07) is 0. The number of aromatic nitrogens is 2. The van der Waals surface area contributed by atoms with E-state index in [2.05, 4.69) is 9.97 Å². The third-order valence-corrected chi connectivity index (χ3v) is 3.26. The van der Waals surface area contributed by atoms with E-state index in [0.29, 0.717) is 13.0 Å². The summed E-state index contributed by atoms with van der Waals surface area (Å²) in [4.78, 5) is 20.9. The summed E-state index contributed by atoms with van der Waals surface area (Å²) in [5.41, 5.74) is 0.322. The number of carbonyl (C=O) groups is 1. The lowest BCUT2D eigenvalue weighted by molar-refractivity contribution is 0.0789. The first-order valence-corrected chi connectivity index (χ1v) is 7.36. The highest BCUT2D eigenvalue weighted by molar-refractivity contribution is 7.90. The number of carbonyl (C=O) groups excluding carboxylic acids is 1. The van der Waals surface area contributed by atoms with E-state index in [-0.39, 0.29) is 23.0 Å². The Morgan fingerprint density at radius 2 is 2.11 bits per heavy atom. The molecule has 7 heteroatoms. The molecule has 0 N–H and O–H groups in total. The summed E-state index contributed by atoms with van der Waals surface area (Å²) in [6.45, 7) is 5.77. The van der Waals surface area contributed by atoms with E-state index in [1.807, 2.05) is 0 Å². The highest BCUT2D eigenvalue weighted by Gasteiger charge is 2.14. The van der Waals surface area contributed by atoms with E-state index in [4.69, 9.17) is 6.92 Å². The molecule has 98 valence electrons. The summed E-state index contributed by atoms with van der Waals surface area (Å²) in [7, 11) is -1.42. The molecule has 18 heavy (non-hydrogen) atoms.